The highest BCUT2D eigenvalue weighted by molar-refractivity contribution is 5.98. The van der Waals surface area contributed by atoms with Crippen molar-refractivity contribution in [3.63, 3.8) is 0 Å². The van der Waals surface area contributed by atoms with Crippen LogP contribution in [0.25, 0.3) is 0 Å². The second-order valence-electron chi connectivity index (χ2n) is 5.73. The molecule has 5 heteroatoms. The molecule has 0 unspecified atom stereocenters. The minimum Gasteiger partial charge on any atom is -0.493 e. The van der Waals surface area contributed by atoms with E-state index in [0.29, 0.717) is 18.7 Å². The molecule has 3 N–H and O–H groups in total. The maximum absolute atomic E-state index is 12.2. The van der Waals surface area contributed by atoms with Gasteiger partial charge in [-0.15, -0.1) is 0 Å². The number of aryl methyl sites for hydroxylation is 1. The number of nitrogens with two attached hydrogens (primary N) is 1. The summed E-state index contributed by atoms with van der Waals surface area (Å²) in [5, 5.41) is 2.86. The number of carbonyl (C=O) groups is 1. The van der Waals surface area contributed by atoms with E-state index in [1.54, 1.807) is 12.1 Å². The van der Waals surface area contributed by atoms with Crippen molar-refractivity contribution in [3.8, 4) is 5.75 Å². The molecule has 0 saturated carbocycles. The average Bonchev–Trinajstić information content (AvgIpc) is 2.60. The van der Waals surface area contributed by atoms with Crippen LogP contribution in [-0.2, 0) is 6.54 Å². The molecule has 0 radical (unpaired) electrons. The van der Waals surface area contributed by atoms with E-state index >= 15 is 0 Å². The van der Waals surface area contributed by atoms with Gasteiger partial charge in [-0.3, -0.25) is 4.79 Å². The second-order valence-corrected chi connectivity index (χ2v) is 5.73. The lowest BCUT2D eigenvalue weighted by atomic mass is 10.2. The van der Waals surface area contributed by atoms with E-state index in [1.807, 2.05) is 31.2 Å². The minimum atomic E-state index is -0.235. The third-order valence-electron chi connectivity index (χ3n) is 3.62. The molecular formula is C20H25N3O2. The van der Waals surface area contributed by atoms with Gasteiger partial charge in [0.15, 0.2) is 0 Å². The van der Waals surface area contributed by atoms with Gasteiger partial charge in [0.1, 0.15) is 11.6 Å². The van der Waals surface area contributed by atoms with E-state index in [1.165, 1.54) is 0 Å². The fraction of sp³-hybridized carbons (Fsp3) is 0.300. The summed E-state index contributed by atoms with van der Waals surface area (Å²) in [6.07, 6.45) is 6.16. The van der Waals surface area contributed by atoms with Crippen LogP contribution in [0, 0.1) is 6.92 Å². The lowest BCUT2D eigenvalue weighted by molar-refractivity contribution is 0.0951. The van der Waals surface area contributed by atoms with Gasteiger partial charge in [-0.2, -0.15) is 0 Å². The molecule has 0 aliphatic heterocycles. The van der Waals surface area contributed by atoms with Gasteiger partial charge in [-0.05, 0) is 49.6 Å². The molecule has 0 aliphatic rings. The molecule has 1 aromatic carbocycles. The van der Waals surface area contributed by atoms with Gasteiger partial charge in [0.05, 0.1) is 12.2 Å². The van der Waals surface area contributed by atoms with Gasteiger partial charge >= 0.3 is 0 Å². The number of hydrogen-bond donors (Lipinski definition) is 2. The van der Waals surface area contributed by atoms with Crippen LogP contribution in [0.1, 0.15) is 41.4 Å². The predicted molar refractivity (Wildman–Crippen MR) is 101 cm³/mol. The van der Waals surface area contributed by atoms with Crippen LogP contribution >= 0.6 is 0 Å². The third kappa shape index (κ3) is 5.95. The number of rotatable bonds is 8. The maximum atomic E-state index is 12.2. The number of hydrogen-bond acceptors (Lipinski definition) is 4. The molecule has 0 bridgehead atoms. The van der Waals surface area contributed by atoms with Crippen LogP contribution in [0.2, 0.25) is 0 Å². The van der Waals surface area contributed by atoms with Gasteiger partial charge in [0, 0.05) is 12.2 Å². The zero-order valence-corrected chi connectivity index (χ0v) is 14.8. The SMILES string of the molecule is CCC=CCCOc1cccc(CNC(=O)c2ccc(C)nc2N)c1. The largest absolute Gasteiger partial charge is 0.493 e. The van der Waals surface area contributed by atoms with Crippen molar-refractivity contribution in [2.24, 2.45) is 0 Å². The number of aromatic nitrogens is 1. The number of carbonyl (C=O) groups excluding carboxylic acids is 1. The molecule has 0 spiro atoms. The summed E-state index contributed by atoms with van der Waals surface area (Å²) >= 11 is 0. The Morgan fingerprint density at radius 3 is 2.88 bits per heavy atom. The highest BCUT2D eigenvalue weighted by Crippen LogP contribution is 2.14. The van der Waals surface area contributed by atoms with E-state index in [0.717, 1.165) is 29.8 Å². The monoisotopic (exact) mass is 339 g/mol. The molecule has 2 rings (SSSR count). The number of anilines is 1. The number of nitrogens with one attached hydrogen (secondary N) is 1. The van der Waals surface area contributed by atoms with Crippen molar-refractivity contribution in [2.45, 2.75) is 33.2 Å². The zero-order chi connectivity index (χ0) is 18.1. The first-order valence-electron chi connectivity index (χ1n) is 8.48. The molecule has 0 saturated heterocycles. The number of pyridine rings is 1. The fourth-order valence-electron chi connectivity index (χ4n) is 2.32. The lowest BCUT2D eigenvalue weighted by Crippen LogP contribution is -2.24. The quantitative estimate of drug-likeness (QED) is 0.568. The van der Waals surface area contributed by atoms with Crippen molar-refractivity contribution < 1.29 is 9.53 Å². The van der Waals surface area contributed by atoms with E-state index in [-0.39, 0.29) is 11.7 Å². The molecule has 25 heavy (non-hydrogen) atoms. The first kappa shape index (κ1) is 18.5. The lowest BCUT2D eigenvalue weighted by Gasteiger charge is -2.09. The molecule has 132 valence electrons. The maximum Gasteiger partial charge on any atom is 0.255 e. The molecule has 1 amide bonds. The first-order valence-corrected chi connectivity index (χ1v) is 8.48. The Hall–Kier alpha value is -2.82. The molecule has 0 fully saturated rings. The molecule has 1 heterocycles. The van der Waals surface area contributed by atoms with Gasteiger partial charge in [0.2, 0.25) is 0 Å². The van der Waals surface area contributed by atoms with Crippen LogP contribution in [0.15, 0.2) is 48.6 Å². The Labute approximate surface area is 148 Å². The van der Waals surface area contributed by atoms with Crippen molar-refractivity contribution in [3.05, 3.63) is 65.4 Å². The van der Waals surface area contributed by atoms with Crippen molar-refractivity contribution >= 4 is 11.7 Å². The Morgan fingerprint density at radius 1 is 1.28 bits per heavy atom. The Balaban J connectivity index is 1.89. The molecule has 5 nitrogen and oxygen atoms in total. The number of amides is 1. The van der Waals surface area contributed by atoms with Gasteiger partial charge in [0.25, 0.3) is 5.91 Å². The summed E-state index contributed by atoms with van der Waals surface area (Å²) in [5.41, 5.74) is 7.95. The molecule has 2 aromatic rings. The Kier molecular flexibility index (Phi) is 7.01. The number of allylic oxidation sites excluding steroid dienone is 1. The standard InChI is InChI=1S/C20H25N3O2/c1-3-4-5-6-12-25-17-9-7-8-16(13-17)14-22-20(24)18-11-10-15(2)23-19(18)21/h4-5,7-11,13H,3,6,12,14H2,1-2H3,(H2,21,23)(H,22,24). The van der Waals surface area contributed by atoms with Gasteiger partial charge < -0.3 is 15.8 Å². The average molecular weight is 339 g/mol. The summed E-state index contributed by atoms with van der Waals surface area (Å²) in [6.45, 7) is 4.98. The molecule has 0 atom stereocenters. The van der Waals surface area contributed by atoms with E-state index in [9.17, 15) is 4.79 Å². The van der Waals surface area contributed by atoms with Crippen LogP contribution in [-0.4, -0.2) is 17.5 Å². The molecule has 0 aliphatic carbocycles. The van der Waals surface area contributed by atoms with E-state index in [4.69, 9.17) is 10.5 Å². The molecular weight excluding hydrogens is 314 g/mol. The van der Waals surface area contributed by atoms with Crippen molar-refractivity contribution in [1.82, 2.24) is 10.3 Å². The van der Waals surface area contributed by atoms with E-state index < -0.39 is 0 Å². The van der Waals surface area contributed by atoms with Crippen LogP contribution in [0.4, 0.5) is 5.82 Å². The summed E-state index contributed by atoms with van der Waals surface area (Å²) in [6, 6.07) is 11.2. The molecule has 1 aromatic heterocycles. The Bertz CT molecular complexity index is 741. The number of nitrogens with zero attached hydrogens (tertiary/aromatic N) is 1. The van der Waals surface area contributed by atoms with Crippen molar-refractivity contribution in [2.75, 3.05) is 12.3 Å². The summed E-state index contributed by atoms with van der Waals surface area (Å²) in [5.74, 6) is 0.809. The zero-order valence-electron chi connectivity index (χ0n) is 14.8. The van der Waals surface area contributed by atoms with Crippen LogP contribution in [0.3, 0.4) is 0 Å². The summed E-state index contributed by atoms with van der Waals surface area (Å²) in [7, 11) is 0. The predicted octanol–water partition coefficient (Wildman–Crippen LogP) is 3.64. The Morgan fingerprint density at radius 2 is 2.12 bits per heavy atom. The van der Waals surface area contributed by atoms with Crippen LogP contribution in [0.5, 0.6) is 5.75 Å². The number of nitrogen functional groups attached to an aromatic ring is 1. The first-order chi connectivity index (χ1) is 12.1. The van der Waals surface area contributed by atoms with Gasteiger partial charge in [-0.25, -0.2) is 4.98 Å². The second kappa shape index (κ2) is 9.47. The number of ether oxygens (including phenoxy) is 1. The van der Waals surface area contributed by atoms with Gasteiger partial charge in [-0.1, -0.05) is 31.2 Å². The minimum absolute atomic E-state index is 0.235. The number of benzene rings is 1. The highest BCUT2D eigenvalue weighted by Gasteiger charge is 2.10. The smallest absolute Gasteiger partial charge is 0.255 e. The summed E-state index contributed by atoms with van der Waals surface area (Å²) < 4.78 is 5.72. The summed E-state index contributed by atoms with van der Waals surface area (Å²) in [4.78, 5) is 16.3. The fourth-order valence-corrected chi connectivity index (χ4v) is 2.32. The highest BCUT2D eigenvalue weighted by atomic mass is 16.5. The van der Waals surface area contributed by atoms with Crippen molar-refractivity contribution in [1.29, 1.82) is 0 Å². The van der Waals surface area contributed by atoms with Crippen LogP contribution < -0.4 is 15.8 Å². The normalized spacial score (nSPS) is 10.8. The topological polar surface area (TPSA) is 77.2 Å². The third-order valence-corrected chi connectivity index (χ3v) is 3.62. The van der Waals surface area contributed by atoms with E-state index in [2.05, 4.69) is 29.4 Å².